The molecule has 1 aromatic heterocycles. The SMILES string of the molecule is CCn1ncc(Cl)c1C(O)C(C)(C)C. The van der Waals surface area contributed by atoms with E-state index in [0.29, 0.717) is 10.7 Å². The van der Waals surface area contributed by atoms with Gasteiger partial charge in [-0.3, -0.25) is 4.68 Å². The monoisotopic (exact) mass is 216 g/mol. The Labute approximate surface area is 89.7 Å². The molecule has 0 aliphatic heterocycles. The number of aryl methyl sites for hydroxylation is 1. The standard InChI is InChI=1S/C10H17ClN2O/c1-5-13-8(7(11)6-12-13)9(14)10(2,3)4/h6,9,14H,5H2,1-4H3. The van der Waals surface area contributed by atoms with E-state index in [9.17, 15) is 5.11 Å². The van der Waals surface area contributed by atoms with E-state index in [-0.39, 0.29) is 5.41 Å². The van der Waals surface area contributed by atoms with Crippen molar-refractivity contribution >= 4 is 11.6 Å². The second-order valence-corrected chi connectivity index (χ2v) is 4.87. The van der Waals surface area contributed by atoms with Crippen LogP contribution in [-0.4, -0.2) is 14.9 Å². The highest BCUT2D eigenvalue weighted by Crippen LogP contribution is 2.35. The lowest BCUT2D eigenvalue weighted by molar-refractivity contribution is 0.0548. The smallest absolute Gasteiger partial charge is 0.102 e. The van der Waals surface area contributed by atoms with Gasteiger partial charge in [0.25, 0.3) is 0 Å². The molecule has 0 aromatic carbocycles. The molecule has 1 atom stereocenters. The van der Waals surface area contributed by atoms with Gasteiger partial charge in [0.1, 0.15) is 6.10 Å². The Morgan fingerprint density at radius 1 is 1.57 bits per heavy atom. The fourth-order valence-corrected chi connectivity index (χ4v) is 1.55. The van der Waals surface area contributed by atoms with Gasteiger partial charge in [-0.15, -0.1) is 0 Å². The van der Waals surface area contributed by atoms with Crippen LogP contribution in [0, 0.1) is 5.41 Å². The predicted octanol–water partition coefficient (Wildman–Crippen LogP) is 2.64. The second kappa shape index (κ2) is 3.91. The van der Waals surface area contributed by atoms with E-state index < -0.39 is 6.10 Å². The summed E-state index contributed by atoms with van der Waals surface area (Å²) in [7, 11) is 0. The summed E-state index contributed by atoms with van der Waals surface area (Å²) in [4.78, 5) is 0. The van der Waals surface area contributed by atoms with Crippen molar-refractivity contribution in [2.24, 2.45) is 5.41 Å². The van der Waals surface area contributed by atoms with Gasteiger partial charge >= 0.3 is 0 Å². The lowest BCUT2D eigenvalue weighted by Crippen LogP contribution is -2.21. The molecule has 1 N–H and O–H groups in total. The lowest BCUT2D eigenvalue weighted by Gasteiger charge is -2.26. The Balaban J connectivity index is 3.11. The van der Waals surface area contributed by atoms with Crippen LogP contribution in [0.1, 0.15) is 39.5 Å². The first-order valence-corrected chi connectivity index (χ1v) is 5.15. The Kier molecular flexibility index (Phi) is 3.22. The predicted molar refractivity (Wildman–Crippen MR) is 57.3 cm³/mol. The summed E-state index contributed by atoms with van der Waals surface area (Å²) in [6, 6.07) is 0. The average Bonchev–Trinajstić information content (AvgIpc) is 2.43. The van der Waals surface area contributed by atoms with Gasteiger partial charge in [-0.05, 0) is 12.3 Å². The number of hydrogen-bond donors (Lipinski definition) is 1. The molecule has 3 nitrogen and oxygen atoms in total. The van der Waals surface area contributed by atoms with Gasteiger partial charge in [-0.25, -0.2) is 0 Å². The molecular formula is C10H17ClN2O. The first-order chi connectivity index (χ1) is 6.38. The molecule has 1 aromatic rings. The van der Waals surface area contributed by atoms with E-state index in [1.807, 2.05) is 27.7 Å². The van der Waals surface area contributed by atoms with Gasteiger partial charge < -0.3 is 5.11 Å². The fourth-order valence-electron chi connectivity index (χ4n) is 1.31. The van der Waals surface area contributed by atoms with Gasteiger partial charge in [0.15, 0.2) is 0 Å². The molecule has 1 rings (SSSR count). The van der Waals surface area contributed by atoms with Gasteiger partial charge in [0, 0.05) is 6.54 Å². The summed E-state index contributed by atoms with van der Waals surface area (Å²) in [5.41, 5.74) is 0.484. The molecule has 0 spiro atoms. The van der Waals surface area contributed by atoms with E-state index in [4.69, 9.17) is 11.6 Å². The molecular weight excluding hydrogens is 200 g/mol. The molecule has 0 radical (unpaired) electrons. The largest absolute Gasteiger partial charge is 0.386 e. The molecule has 4 heteroatoms. The number of aliphatic hydroxyl groups is 1. The van der Waals surface area contributed by atoms with Crippen LogP contribution in [0.4, 0.5) is 0 Å². The zero-order chi connectivity index (χ0) is 10.9. The van der Waals surface area contributed by atoms with Crippen molar-refractivity contribution in [1.29, 1.82) is 0 Å². The molecule has 0 fully saturated rings. The second-order valence-electron chi connectivity index (χ2n) is 4.46. The maximum atomic E-state index is 10.1. The van der Waals surface area contributed by atoms with Crippen LogP contribution in [0.5, 0.6) is 0 Å². The Bertz CT molecular complexity index is 314. The van der Waals surface area contributed by atoms with E-state index in [2.05, 4.69) is 5.10 Å². The summed E-state index contributed by atoms with van der Waals surface area (Å²) in [5, 5.41) is 14.7. The third kappa shape index (κ3) is 2.10. The highest BCUT2D eigenvalue weighted by atomic mass is 35.5. The van der Waals surface area contributed by atoms with E-state index in [1.165, 1.54) is 0 Å². The average molecular weight is 217 g/mol. The number of aliphatic hydroxyl groups excluding tert-OH is 1. The van der Waals surface area contributed by atoms with Crippen LogP contribution in [0.25, 0.3) is 0 Å². The summed E-state index contributed by atoms with van der Waals surface area (Å²) in [5.74, 6) is 0. The van der Waals surface area contributed by atoms with Crippen LogP contribution in [0.3, 0.4) is 0 Å². The molecule has 0 bridgehead atoms. The van der Waals surface area contributed by atoms with Crippen LogP contribution in [0.15, 0.2) is 6.20 Å². The van der Waals surface area contributed by atoms with Crippen LogP contribution in [0.2, 0.25) is 5.02 Å². The third-order valence-corrected chi connectivity index (χ3v) is 2.50. The zero-order valence-electron chi connectivity index (χ0n) is 9.08. The molecule has 0 saturated heterocycles. The Hall–Kier alpha value is -0.540. The number of aromatic nitrogens is 2. The minimum Gasteiger partial charge on any atom is -0.386 e. The Morgan fingerprint density at radius 2 is 2.14 bits per heavy atom. The fraction of sp³-hybridized carbons (Fsp3) is 0.700. The molecule has 14 heavy (non-hydrogen) atoms. The summed E-state index contributed by atoms with van der Waals surface area (Å²) in [6.07, 6.45) is 0.993. The molecule has 80 valence electrons. The molecule has 1 heterocycles. The Morgan fingerprint density at radius 3 is 2.57 bits per heavy atom. The summed E-state index contributed by atoms with van der Waals surface area (Å²) in [6.45, 7) is 8.61. The van der Waals surface area contributed by atoms with Gasteiger partial charge in [0.2, 0.25) is 0 Å². The number of halogens is 1. The molecule has 0 saturated carbocycles. The van der Waals surface area contributed by atoms with Crippen molar-refractivity contribution in [1.82, 2.24) is 9.78 Å². The van der Waals surface area contributed by atoms with E-state index in [0.717, 1.165) is 6.54 Å². The lowest BCUT2D eigenvalue weighted by atomic mass is 9.87. The zero-order valence-corrected chi connectivity index (χ0v) is 9.84. The van der Waals surface area contributed by atoms with Crippen LogP contribution < -0.4 is 0 Å². The van der Waals surface area contributed by atoms with Crippen molar-refractivity contribution in [3.63, 3.8) is 0 Å². The first kappa shape index (κ1) is 11.5. The molecule has 0 aliphatic rings. The maximum absolute atomic E-state index is 10.1. The minimum absolute atomic E-state index is 0.226. The van der Waals surface area contributed by atoms with Crippen LogP contribution in [-0.2, 0) is 6.54 Å². The number of rotatable bonds is 2. The van der Waals surface area contributed by atoms with Crippen molar-refractivity contribution < 1.29 is 5.11 Å². The highest BCUT2D eigenvalue weighted by Gasteiger charge is 2.28. The normalized spacial score (nSPS) is 14.4. The quantitative estimate of drug-likeness (QED) is 0.826. The topological polar surface area (TPSA) is 38.0 Å². The van der Waals surface area contributed by atoms with Crippen LogP contribution >= 0.6 is 11.6 Å². The minimum atomic E-state index is -0.586. The third-order valence-electron chi connectivity index (χ3n) is 2.21. The van der Waals surface area contributed by atoms with Crippen molar-refractivity contribution in [3.05, 3.63) is 16.9 Å². The van der Waals surface area contributed by atoms with E-state index >= 15 is 0 Å². The highest BCUT2D eigenvalue weighted by molar-refractivity contribution is 6.31. The van der Waals surface area contributed by atoms with Gasteiger partial charge in [0.05, 0.1) is 16.9 Å². The van der Waals surface area contributed by atoms with Gasteiger partial charge in [-0.2, -0.15) is 5.10 Å². The van der Waals surface area contributed by atoms with E-state index in [1.54, 1.807) is 10.9 Å². The molecule has 0 aliphatic carbocycles. The first-order valence-electron chi connectivity index (χ1n) is 4.77. The van der Waals surface area contributed by atoms with Crippen molar-refractivity contribution in [2.75, 3.05) is 0 Å². The van der Waals surface area contributed by atoms with Crippen molar-refractivity contribution in [3.8, 4) is 0 Å². The summed E-state index contributed by atoms with van der Waals surface area (Å²) < 4.78 is 1.73. The number of hydrogen-bond acceptors (Lipinski definition) is 2. The maximum Gasteiger partial charge on any atom is 0.102 e. The van der Waals surface area contributed by atoms with Gasteiger partial charge in [-0.1, -0.05) is 32.4 Å². The molecule has 0 amide bonds. The summed E-state index contributed by atoms with van der Waals surface area (Å²) >= 11 is 5.98. The van der Waals surface area contributed by atoms with Crippen molar-refractivity contribution in [2.45, 2.75) is 40.3 Å². The molecule has 1 unspecified atom stereocenters. The number of nitrogens with zero attached hydrogens (tertiary/aromatic N) is 2.